The molecule has 3 heteroatoms. The Bertz CT molecular complexity index is 317. The molecule has 0 aliphatic rings. The zero-order chi connectivity index (χ0) is 11.3. The van der Waals surface area contributed by atoms with E-state index in [9.17, 15) is 4.79 Å². The summed E-state index contributed by atoms with van der Waals surface area (Å²) in [7, 11) is 1.69. The molecule has 3 nitrogen and oxygen atoms in total. The maximum Gasteiger partial charge on any atom is 0.164 e. The third kappa shape index (κ3) is 3.51. The van der Waals surface area contributed by atoms with Gasteiger partial charge in [0.2, 0.25) is 0 Å². The highest BCUT2D eigenvalue weighted by atomic mass is 16.5. The number of hydrogen-bond acceptors (Lipinski definition) is 2. The van der Waals surface area contributed by atoms with E-state index in [0.29, 0.717) is 6.42 Å². The monoisotopic (exact) mass is 209 g/mol. The quantitative estimate of drug-likeness (QED) is 0.674. The molecule has 1 heterocycles. The first kappa shape index (κ1) is 12.0. The Morgan fingerprint density at radius 1 is 1.60 bits per heavy atom. The molecular formula is C12H19NO2. The molecule has 0 N–H and O–H groups in total. The molecule has 15 heavy (non-hydrogen) atoms. The van der Waals surface area contributed by atoms with E-state index in [1.54, 1.807) is 7.11 Å². The van der Waals surface area contributed by atoms with Crippen LogP contribution in [0.4, 0.5) is 0 Å². The minimum Gasteiger partial charge on any atom is -0.380 e. The Labute approximate surface area is 91.0 Å². The van der Waals surface area contributed by atoms with Crippen molar-refractivity contribution in [1.82, 2.24) is 4.57 Å². The minimum absolute atomic E-state index is 0.173. The topological polar surface area (TPSA) is 31.2 Å². The van der Waals surface area contributed by atoms with Crippen molar-refractivity contribution in [3.05, 3.63) is 24.0 Å². The molecule has 0 aromatic carbocycles. The van der Waals surface area contributed by atoms with E-state index in [4.69, 9.17) is 4.74 Å². The summed E-state index contributed by atoms with van der Waals surface area (Å²) in [5.74, 6) is 0.223. The van der Waals surface area contributed by atoms with Crippen LogP contribution in [0.5, 0.6) is 0 Å². The summed E-state index contributed by atoms with van der Waals surface area (Å²) in [6, 6.07) is 1.88. The molecule has 1 atom stereocenters. The van der Waals surface area contributed by atoms with Crippen LogP contribution in [0, 0.1) is 0 Å². The lowest BCUT2D eigenvalue weighted by Crippen LogP contribution is -2.13. The number of ketones is 1. The van der Waals surface area contributed by atoms with E-state index in [-0.39, 0.29) is 11.9 Å². The van der Waals surface area contributed by atoms with Crippen molar-refractivity contribution in [2.24, 2.45) is 0 Å². The number of methoxy groups -OCH3 is 1. The highest BCUT2D eigenvalue weighted by Crippen LogP contribution is 2.07. The molecule has 0 aliphatic heterocycles. The van der Waals surface area contributed by atoms with Crippen LogP contribution in [0.15, 0.2) is 18.5 Å². The Morgan fingerprint density at radius 2 is 2.33 bits per heavy atom. The molecule has 0 aliphatic carbocycles. The molecule has 0 saturated heterocycles. The van der Waals surface area contributed by atoms with Crippen molar-refractivity contribution in [2.45, 2.75) is 39.3 Å². The third-order valence-electron chi connectivity index (χ3n) is 2.42. The number of carbonyl (C=O) groups excluding carboxylic acids is 1. The Balaban J connectivity index is 2.59. The fourth-order valence-electron chi connectivity index (χ4n) is 1.46. The van der Waals surface area contributed by atoms with Gasteiger partial charge in [0.15, 0.2) is 5.78 Å². The maximum atomic E-state index is 11.6. The second kappa shape index (κ2) is 5.71. The molecule has 0 saturated carbocycles. The van der Waals surface area contributed by atoms with Gasteiger partial charge >= 0.3 is 0 Å². The summed E-state index contributed by atoms with van der Waals surface area (Å²) in [5.41, 5.74) is 0.806. The molecule has 0 amide bonds. The maximum absolute atomic E-state index is 11.6. The van der Waals surface area contributed by atoms with E-state index in [0.717, 1.165) is 18.5 Å². The lowest BCUT2D eigenvalue weighted by Gasteiger charge is -2.09. The third-order valence-corrected chi connectivity index (χ3v) is 2.42. The fourth-order valence-corrected chi connectivity index (χ4v) is 1.46. The summed E-state index contributed by atoms with van der Waals surface area (Å²) in [4.78, 5) is 11.6. The molecule has 1 aromatic heterocycles. The molecule has 84 valence electrons. The Hall–Kier alpha value is -1.09. The van der Waals surface area contributed by atoms with Gasteiger partial charge in [-0.3, -0.25) is 4.79 Å². The predicted octanol–water partition coefficient (Wildman–Crippen LogP) is 2.51. The van der Waals surface area contributed by atoms with E-state index in [1.807, 2.05) is 36.9 Å². The second-order valence-electron chi connectivity index (χ2n) is 3.82. The molecule has 0 fully saturated rings. The highest BCUT2D eigenvalue weighted by molar-refractivity contribution is 5.95. The van der Waals surface area contributed by atoms with E-state index in [2.05, 4.69) is 0 Å². The van der Waals surface area contributed by atoms with Gasteiger partial charge in [-0.1, -0.05) is 6.92 Å². The minimum atomic E-state index is 0.173. The largest absolute Gasteiger partial charge is 0.380 e. The number of Topliss-reactive ketones (excluding diaryl/α,β-unsaturated/α-hetero) is 1. The summed E-state index contributed by atoms with van der Waals surface area (Å²) in [5, 5.41) is 0. The average Bonchev–Trinajstić information content (AvgIpc) is 2.66. The van der Waals surface area contributed by atoms with Crippen LogP contribution in [-0.4, -0.2) is 23.6 Å². The van der Waals surface area contributed by atoms with Crippen molar-refractivity contribution < 1.29 is 9.53 Å². The predicted molar refractivity (Wildman–Crippen MR) is 60.1 cm³/mol. The van der Waals surface area contributed by atoms with Gasteiger partial charge in [-0.25, -0.2) is 0 Å². The van der Waals surface area contributed by atoms with Crippen molar-refractivity contribution >= 4 is 5.78 Å². The second-order valence-corrected chi connectivity index (χ2v) is 3.82. The lowest BCUT2D eigenvalue weighted by atomic mass is 10.1. The number of rotatable bonds is 6. The fraction of sp³-hybridized carbons (Fsp3) is 0.583. The smallest absolute Gasteiger partial charge is 0.164 e. The van der Waals surface area contributed by atoms with Crippen LogP contribution in [0.2, 0.25) is 0 Å². The number of carbonyl (C=O) groups is 1. The normalized spacial score (nSPS) is 12.7. The van der Waals surface area contributed by atoms with Crippen LogP contribution >= 0.6 is 0 Å². The van der Waals surface area contributed by atoms with Gasteiger partial charge in [-0.15, -0.1) is 0 Å². The van der Waals surface area contributed by atoms with E-state index >= 15 is 0 Å². The van der Waals surface area contributed by atoms with Gasteiger partial charge in [0.1, 0.15) is 0 Å². The van der Waals surface area contributed by atoms with E-state index < -0.39 is 0 Å². The van der Waals surface area contributed by atoms with Gasteiger partial charge in [0.05, 0.1) is 6.10 Å². The number of hydrogen-bond donors (Lipinski definition) is 0. The van der Waals surface area contributed by atoms with Crippen LogP contribution < -0.4 is 0 Å². The van der Waals surface area contributed by atoms with Crippen LogP contribution in [0.1, 0.15) is 37.0 Å². The summed E-state index contributed by atoms with van der Waals surface area (Å²) in [6.45, 7) is 4.81. The average molecular weight is 209 g/mol. The number of ether oxygens (including phenoxy) is 1. The molecule has 1 rings (SSSR count). The first-order valence-corrected chi connectivity index (χ1v) is 5.39. The Morgan fingerprint density at radius 3 is 2.93 bits per heavy atom. The number of aromatic nitrogens is 1. The van der Waals surface area contributed by atoms with Crippen LogP contribution in [-0.2, 0) is 11.3 Å². The van der Waals surface area contributed by atoms with Gasteiger partial charge < -0.3 is 9.30 Å². The molecule has 0 spiro atoms. The molecule has 1 unspecified atom stereocenters. The van der Waals surface area contributed by atoms with Crippen molar-refractivity contribution in [1.29, 1.82) is 0 Å². The van der Waals surface area contributed by atoms with Gasteiger partial charge in [-0.05, 0) is 19.4 Å². The first-order valence-electron chi connectivity index (χ1n) is 5.39. The summed E-state index contributed by atoms with van der Waals surface area (Å²) < 4.78 is 7.16. The van der Waals surface area contributed by atoms with E-state index in [1.165, 1.54) is 0 Å². The van der Waals surface area contributed by atoms with Crippen molar-refractivity contribution in [3.8, 4) is 0 Å². The Kier molecular flexibility index (Phi) is 4.56. The zero-order valence-corrected chi connectivity index (χ0v) is 9.69. The van der Waals surface area contributed by atoms with Gasteiger partial charge in [0.25, 0.3) is 0 Å². The SMILES string of the molecule is CCCC(=O)c1ccn(CC(C)OC)c1. The van der Waals surface area contributed by atoms with Crippen LogP contribution in [0.25, 0.3) is 0 Å². The molecule has 1 aromatic rings. The van der Waals surface area contributed by atoms with Crippen molar-refractivity contribution in [3.63, 3.8) is 0 Å². The highest BCUT2D eigenvalue weighted by Gasteiger charge is 2.07. The molecular weight excluding hydrogens is 190 g/mol. The standard InChI is InChI=1S/C12H19NO2/c1-4-5-12(14)11-6-7-13(9-11)8-10(2)15-3/h6-7,9-10H,4-5,8H2,1-3H3. The first-order chi connectivity index (χ1) is 7.17. The van der Waals surface area contributed by atoms with Gasteiger partial charge in [-0.2, -0.15) is 0 Å². The summed E-state index contributed by atoms with van der Waals surface area (Å²) in [6.07, 6.45) is 5.53. The lowest BCUT2D eigenvalue weighted by molar-refractivity contribution is 0.0977. The van der Waals surface area contributed by atoms with Crippen molar-refractivity contribution in [2.75, 3.05) is 7.11 Å². The number of nitrogens with zero attached hydrogens (tertiary/aromatic N) is 1. The van der Waals surface area contributed by atoms with Gasteiger partial charge in [0, 0.05) is 38.0 Å². The molecule has 0 radical (unpaired) electrons. The molecule has 0 bridgehead atoms. The zero-order valence-electron chi connectivity index (χ0n) is 9.69. The van der Waals surface area contributed by atoms with Crippen LogP contribution in [0.3, 0.4) is 0 Å². The summed E-state index contributed by atoms with van der Waals surface area (Å²) >= 11 is 0.